The molecule has 0 saturated heterocycles. The molecule has 0 saturated carbocycles. The summed E-state index contributed by atoms with van der Waals surface area (Å²) in [6.45, 7) is 4.00. The van der Waals surface area contributed by atoms with E-state index in [0.717, 1.165) is 6.07 Å². The summed E-state index contributed by atoms with van der Waals surface area (Å²) in [5, 5.41) is 38.0. The number of nitrogens with two attached hydrogens (primary N) is 1. The predicted octanol–water partition coefficient (Wildman–Crippen LogP) is -0.527. The number of aliphatic hydroxyl groups is 4. The number of hydrogen-bond acceptors (Lipinski definition) is 8. The van der Waals surface area contributed by atoms with Gasteiger partial charge in [0, 0.05) is 6.07 Å². The third-order valence-corrected chi connectivity index (χ3v) is 2.59. The molecular weight excluding hydrogens is 282 g/mol. The first-order chi connectivity index (χ1) is 9.68. The van der Waals surface area contributed by atoms with Crippen molar-refractivity contribution in [1.82, 2.24) is 0 Å². The smallest absolute Gasteiger partial charge is 0.281 e. The fraction of sp³-hybridized carbons (Fsp3) is 0.538. The van der Waals surface area contributed by atoms with Gasteiger partial charge in [-0.05, 0) is 6.07 Å². The number of methoxy groups -OCH3 is 3. The summed E-state index contributed by atoms with van der Waals surface area (Å²) < 4.78 is 14.9. The number of benzene rings is 1. The van der Waals surface area contributed by atoms with Crippen molar-refractivity contribution in [2.75, 3.05) is 21.3 Å². The normalized spacial score (nSPS) is 11.3. The molecule has 0 amide bonds. The zero-order chi connectivity index (χ0) is 16.8. The van der Waals surface area contributed by atoms with E-state index in [4.69, 9.17) is 19.9 Å². The average molecular weight is 305 g/mol. The van der Waals surface area contributed by atoms with Crippen molar-refractivity contribution in [1.29, 1.82) is 0 Å². The predicted molar refractivity (Wildman–Crippen MR) is 74.9 cm³/mol. The second kappa shape index (κ2) is 7.43. The Morgan fingerprint density at radius 3 is 1.52 bits per heavy atom. The Labute approximate surface area is 123 Å². The Hall–Kier alpha value is -1.58. The van der Waals surface area contributed by atoms with Gasteiger partial charge in [0.05, 0.1) is 26.9 Å². The lowest BCUT2D eigenvalue weighted by Crippen LogP contribution is -2.58. The zero-order valence-electron chi connectivity index (χ0n) is 12.7. The SMILES string of the molecule is CC.COc1cc(OC)c(C(O)(O)C(N)(O)O)cc1OC. The van der Waals surface area contributed by atoms with Crippen LogP contribution in [-0.2, 0) is 5.79 Å². The van der Waals surface area contributed by atoms with E-state index in [1.165, 1.54) is 27.4 Å². The van der Waals surface area contributed by atoms with Gasteiger partial charge in [-0.15, -0.1) is 0 Å². The van der Waals surface area contributed by atoms with Gasteiger partial charge in [0.2, 0.25) is 0 Å². The van der Waals surface area contributed by atoms with E-state index in [1.807, 2.05) is 13.8 Å². The summed E-state index contributed by atoms with van der Waals surface area (Å²) in [6.07, 6.45) is 0. The third-order valence-electron chi connectivity index (χ3n) is 2.59. The summed E-state index contributed by atoms with van der Waals surface area (Å²) in [6, 6.07) is 2.41. The third kappa shape index (κ3) is 3.96. The maximum atomic E-state index is 9.77. The Balaban J connectivity index is 0.00000191. The van der Waals surface area contributed by atoms with Crippen molar-refractivity contribution in [3.05, 3.63) is 17.7 Å². The van der Waals surface area contributed by atoms with E-state index < -0.39 is 11.7 Å². The van der Waals surface area contributed by atoms with Crippen LogP contribution in [0.5, 0.6) is 17.2 Å². The Kier molecular flexibility index (Phi) is 6.88. The lowest BCUT2D eigenvalue weighted by Gasteiger charge is -2.32. The van der Waals surface area contributed by atoms with Crippen molar-refractivity contribution < 1.29 is 34.6 Å². The molecule has 1 rings (SSSR count). The molecule has 0 aliphatic carbocycles. The molecule has 0 bridgehead atoms. The lowest BCUT2D eigenvalue weighted by atomic mass is 10.0. The molecule has 8 heteroatoms. The summed E-state index contributed by atoms with van der Waals surface area (Å²) in [5.74, 6) is -6.13. The highest BCUT2D eigenvalue weighted by Crippen LogP contribution is 2.40. The number of ether oxygens (including phenoxy) is 3. The molecule has 122 valence electrons. The Morgan fingerprint density at radius 1 is 0.810 bits per heavy atom. The molecule has 0 aromatic heterocycles. The molecule has 0 atom stereocenters. The Morgan fingerprint density at radius 2 is 1.19 bits per heavy atom. The molecule has 0 spiro atoms. The first-order valence-electron chi connectivity index (χ1n) is 6.17. The fourth-order valence-corrected chi connectivity index (χ4v) is 1.50. The summed E-state index contributed by atoms with van der Waals surface area (Å²) >= 11 is 0. The van der Waals surface area contributed by atoms with Gasteiger partial charge in [-0.25, -0.2) is 0 Å². The molecule has 1 aromatic carbocycles. The minimum absolute atomic E-state index is 0.0689. The quantitative estimate of drug-likeness (QED) is 0.458. The molecule has 1 aromatic rings. The molecule has 0 unspecified atom stereocenters. The lowest BCUT2D eigenvalue weighted by molar-refractivity contribution is -0.363. The highest BCUT2D eigenvalue weighted by Gasteiger charge is 2.48. The van der Waals surface area contributed by atoms with Crippen molar-refractivity contribution >= 4 is 0 Å². The van der Waals surface area contributed by atoms with Crippen LogP contribution < -0.4 is 19.9 Å². The van der Waals surface area contributed by atoms with Crippen LogP contribution in [0.1, 0.15) is 19.4 Å². The van der Waals surface area contributed by atoms with Gasteiger partial charge in [-0.3, -0.25) is 5.73 Å². The van der Waals surface area contributed by atoms with E-state index in [-0.39, 0.29) is 22.8 Å². The second-order valence-corrected chi connectivity index (χ2v) is 3.81. The molecule has 0 aliphatic heterocycles. The molecule has 21 heavy (non-hydrogen) atoms. The Bertz CT molecular complexity index is 455. The van der Waals surface area contributed by atoms with Crippen LogP contribution in [-0.4, -0.2) is 47.7 Å². The van der Waals surface area contributed by atoms with Crippen molar-refractivity contribution in [2.45, 2.75) is 25.5 Å². The number of hydrogen-bond donors (Lipinski definition) is 5. The van der Waals surface area contributed by atoms with Crippen LogP contribution in [0.15, 0.2) is 12.1 Å². The largest absolute Gasteiger partial charge is 0.496 e. The van der Waals surface area contributed by atoms with Gasteiger partial charge in [0.15, 0.2) is 11.5 Å². The maximum absolute atomic E-state index is 9.77. The van der Waals surface area contributed by atoms with E-state index in [2.05, 4.69) is 0 Å². The molecule has 0 fully saturated rings. The minimum Gasteiger partial charge on any atom is -0.496 e. The van der Waals surface area contributed by atoms with E-state index in [1.54, 1.807) is 0 Å². The van der Waals surface area contributed by atoms with Gasteiger partial charge in [0.1, 0.15) is 5.75 Å². The molecule has 0 aliphatic rings. The van der Waals surface area contributed by atoms with Gasteiger partial charge in [-0.2, -0.15) is 0 Å². The topological polar surface area (TPSA) is 135 Å². The summed E-state index contributed by atoms with van der Waals surface area (Å²) in [7, 11) is 3.97. The zero-order valence-corrected chi connectivity index (χ0v) is 12.7. The van der Waals surface area contributed by atoms with Gasteiger partial charge >= 0.3 is 0 Å². The van der Waals surface area contributed by atoms with Crippen LogP contribution in [0, 0.1) is 0 Å². The molecule has 8 nitrogen and oxygen atoms in total. The maximum Gasteiger partial charge on any atom is 0.281 e. The van der Waals surface area contributed by atoms with Crippen LogP contribution in [0.25, 0.3) is 0 Å². The molecular formula is C13H23NO7. The van der Waals surface area contributed by atoms with Gasteiger partial charge in [0.25, 0.3) is 11.7 Å². The van der Waals surface area contributed by atoms with Crippen molar-refractivity contribution in [2.24, 2.45) is 5.73 Å². The van der Waals surface area contributed by atoms with Crippen molar-refractivity contribution in [3.8, 4) is 17.2 Å². The van der Waals surface area contributed by atoms with Crippen LogP contribution in [0.3, 0.4) is 0 Å². The average Bonchev–Trinajstić information content (AvgIpc) is 2.46. The molecule has 0 radical (unpaired) electrons. The monoisotopic (exact) mass is 305 g/mol. The molecule has 6 N–H and O–H groups in total. The van der Waals surface area contributed by atoms with Crippen LogP contribution in [0.4, 0.5) is 0 Å². The highest BCUT2D eigenvalue weighted by molar-refractivity contribution is 5.52. The standard InChI is InChI=1S/C11H17NO7.C2H6/c1-17-7-5-9(19-3)8(18-2)4-6(7)10(13,14)11(12,15)16;1-2/h4-5,13-16H,12H2,1-3H3;1-2H3. The van der Waals surface area contributed by atoms with Gasteiger partial charge < -0.3 is 34.6 Å². The van der Waals surface area contributed by atoms with Crippen molar-refractivity contribution in [3.63, 3.8) is 0 Å². The van der Waals surface area contributed by atoms with E-state index >= 15 is 0 Å². The fourth-order valence-electron chi connectivity index (χ4n) is 1.50. The summed E-state index contributed by atoms with van der Waals surface area (Å²) in [4.78, 5) is 0. The molecule has 0 heterocycles. The van der Waals surface area contributed by atoms with Crippen LogP contribution in [0.2, 0.25) is 0 Å². The van der Waals surface area contributed by atoms with Gasteiger partial charge in [-0.1, -0.05) is 13.8 Å². The summed E-state index contributed by atoms with van der Waals surface area (Å²) in [5.41, 5.74) is 4.53. The second-order valence-electron chi connectivity index (χ2n) is 3.81. The van der Waals surface area contributed by atoms with Crippen LogP contribution >= 0.6 is 0 Å². The highest BCUT2D eigenvalue weighted by atomic mass is 16.6. The number of rotatable bonds is 5. The first kappa shape index (κ1) is 19.4. The minimum atomic E-state index is -3.29. The van der Waals surface area contributed by atoms with E-state index in [0.29, 0.717) is 0 Å². The van der Waals surface area contributed by atoms with E-state index in [9.17, 15) is 20.4 Å². The first-order valence-corrected chi connectivity index (χ1v) is 6.17.